The number of fused-ring (bicyclic) bond motifs is 1. The van der Waals surface area contributed by atoms with Crippen molar-refractivity contribution in [3.05, 3.63) is 38.8 Å². The molecule has 2 aromatic heterocycles. The highest BCUT2D eigenvalue weighted by Crippen LogP contribution is 2.44. The molecule has 0 amide bonds. The van der Waals surface area contributed by atoms with Gasteiger partial charge in [0.15, 0.2) is 0 Å². The summed E-state index contributed by atoms with van der Waals surface area (Å²) in [5.74, 6) is 1.51. The fourth-order valence-corrected chi connectivity index (χ4v) is 7.57. The van der Waals surface area contributed by atoms with E-state index >= 15 is 0 Å². The number of rotatable bonds is 4. The molecule has 0 saturated heterocycles. The van der Waals surface area contributed by atoms with Gasteiger partial charge in [0.25, 0.3) is 0 Å². The van der Waals surface area contributed by atoms with Gasteiger partial charge in [-0.15, -0.1) is 0 Å². The standard InChI is InChI=1S/C22H27ClIN3O/c1-13-4-6-16(7-5-13)12-27-21-19(24-22(27)15(3)28)8-14(2)26-20(21)17-9-18(23)11-25-10-17/h8-11,13,15-16,28H,4-7,12H2,1-3H3. The van der Waals surface area contributed by atoms with Crippen LogP contribution < -0.4 is 4.90 Å². The summed E-state index contributed by atoms with van der Waals surface area (Å²) in [7, 11) is 0. The number of hydrogen-bond acceptors (Lipinski definition) is 4. The molecule has 1 fully saturated rings. The second-order valence-corrected chi connectivity index (χ2v) is 11.4. The Morgan fingerprint density at radius 1 is 1.25 bits per heavy atom. The molecule has 28 heavy (non-hydrogen) atoms. The number of aliphatic hydroxyl groups excluding tert-OH is 1. The maximum atomic E-state index is 10.5. The fourth-order valence-electron chi connectivity index (χ4n) is 4.21. The van der Waals surface area contributed by atoms with Gasteiger partial charge >= 0.3 is 0 Å². The third-order valence-corrected chi connectivity index (χ3v) is 9.35. The smallest absolute Gasteiger partial charge is 0.0968 e. The maximum absolute atomic E-state index is 10.5. The number of pyridine rings is 2. The molecule has 0 aromatic carbocycles. The third kappa shape index (κ3) is 4.12. The molecule has 4 rings (SSSR count). The molecule has 1 N–H and O–H groups in total. The molecule has 4 nitrogen and oxygen atoms in total. The van der Waals surface area contributed by atoms with E-state index < -0.39 is 26.8 Å². The van der Waals surface area contributed by atoms with Crippen LogP contribution in [0.1, 0.15) is 45.2 Å². The highest BCUT2D eigenvalue weighted by molar-refractivity contribution is 14.2. The number of aliphatic hydroxyl groups is 1. The van der Waals surface area contributed by atoms with Gasteiger partial charge in [0.05, 0.1) is 26.1 Å². The number of nitrogens with zero attached hydrogens (tertiary/aromatic N) is 3. The Morgan fingerprint density at radius 3 is 2.68 bits per heavy atom. The minimum absolute atomic E-state index is 0.396. The first kappa shape index (κ1) is 20.2. The van der Waals surface area contributed by atoms with E-state index in [9.17, 15) is 5.11 Å². The van der Waals surface area contributed by atoms with Gasteiger partial charge in [0.2, 0.25) is 0 Å². The summed E-state index contributed by atoms with van der Waals surface area (Å²) in [6.07, 6.45) is 8.23. The lowest BCUT2D eigenvalue weighted by molar-refractivity contribution is 0.260. The Kier molecular flexibility index (Phi) is 6.04. The van der Waals surface area contributed by atoms with E-state index in [1.54, 1.807) is 6.20 Å². The predicted molar refractivity (Wildman–Crippen MR) is 125 cm³/mol. The van der Waals surface area contributed by atoms with Crippen molar-refractivity contribution in [1.29, 1.82) is 0 Å². The summed E-state index contributed by atoms with van der Waals surface area (Å²) >= 11 is 5.83. The summed E-state index contributed by atoms with van der Waals surface area (Å²) in [6.45, 7) is 7.28. The molecule has 1 unspecified atom stereocenters. The molecule has 1 saturated carbocycles. The van der Waals surface area contributed by atoms with Crippen molar-refractivity contribution in [2.75, 3.05) is 11.4 Å². The van der Waals surface area contributed by atoms with Crippen molar-refractivity contribution < 1.29 is 5.11 Å². The number of halogens is 2. The molecule has 0 spiro atoms. The van der Waals surface area contributed by atoms with Crippen LogP contribution in [0.5, 0.6) is 0 Å². The number of aromatic nitrogens is 2. The quantitative estimate of drug-likeness (QED) is 0.558. The lowest BCUT2D eigenvalue weighted by atomic mass is 9.82. The molecule has 1 aliphatic carbocycles. The first-order chi connectivity index (χ1) is 13.4. The summed E-state index contributed by atoms with van der Waals surface area (Å²) < 4.78 is 2.54. The Morgan fingerprint density at radius 2 is 2.00 bits per heavy atom. The van der Waals surface area contributed by atoms with E-state index in [1.165, 1.54) is 38.6 Å². The lowest BCUT2D eigenvalue weighted by Crippen LogP contribution is -2.39. The van der Waals surface area contributed by atoms with Crippen LogP contribution in [0.15, 0.2) is 24.5 Å². The molecular formula is C22H27ClIN3O. The molecule has 2 aliphatic rings. The van der Waals surface area contributed by atoms with Gasteiger partial charge in [0, 0.05) is 33.8 Å². The van der Waals surface area contributed by atoms with Gasteiger partial charge in [-0.2, -0.15) is 0 Å². The van der Waals surface area contributed by atoms with Gasteiger partial charge in [-0.3, -0.25) is 9.97 Å². The highest BCUT2D eigenvalue weighted by Gasteiger charge is 2.32. The minimum atomic E-state index is -0.423. The average molecular weight is 512 g/mol. The van der Waals surface area contributed by atoms with Crippen LogP contribution >= 0.6 is 32.3 Å². The Labute approximate surface area is 182 Å². The summed E-state index contributed by atoms with van der Waals surface area (Å²) in [5.41, 5.74) is 4.08. The minimum Gasteiger partial charge on any atom is -0.387 e. The van der Waals surface area contributed by atoms with Crippen LogP contribution in [0.25, 0.3) is 11.3 Å². The average Bonchev–Trinajstić information content (AvgIpc) is 3.01. The van der Waals surface area contributed by atoms with Crippen LogP contribution in [0, 0.1) is 22.3 Å². The molecular weight excluding hydrogens is 485 g/mol. The lowest BCUT2D eigenvalue weighted by Gasteiger charge is -2.33. The summed E-state index contributed by atoms with van der Waals surface area (Å²) in [4.78, 5) is 11.6. The second kappa shape index (κ2) is 8.36. The van der Waals surface area contributed by atoms with Gasteiger partial charge in [-0.1, -0.05) is 52.1 Å². The van der Waals surface area contributed by atoms with E-state index in [4.69, 9.17) is 16.6 Å². The first-order valence-electron chi connectivity index (χ1n) is 10.0. The molecule has 150 valence electrons. The van der Waals surface area contributed by atoms with E-state index in [1.807, 2.05) is 26.1 Å². The number of hydrogen-bond donors (Lipinski definition) is 1. The van der Waals surface area contributed by atoms with Gasteiger partial charge in [-0.25, -0.2) is 0 Å². The van der Waals surface area contributed by atoms with Crippen LogP contribution in [0.2, 0.25) is 5.02 Å². The largest absolute Gasteiger partial charge is 0.387 e. The fraction of sp³-hybridized carbons (Fsp3) is 0.500. The molecule has 3 heterocycles. The van der Waals surface area contributed by atoms with Crippen LogP contribution in [-0.2, 0) is 0 Å². The number of aryl methyl sites for hydroxylation is 1. The zero-order valence-corrected chi connectivity index (χ0v) is 19.5. The molecule has 1 aliphatic heterocycles. The van der Waals surface area contributed by atoms with Crippen LogP contribution in [-0.4, -0.2) is 31.4 Å². The Hall–Kier alpha value is -1.05. The summed E-state index contributed by atoms with van der Waals surface area (Å²) in [5, 5.41) is 11.2. The Balaban J connectivity index is 1.76. The Bertz CT molecular complexity index is 907. The monoisotopic (exact) mass is 511 g/mol. The molecule has 6 heteroatoms. The van der Waals surface area contributed by atoms with E-state index in [2.05, 4.69) is 22.9 Å². The maximum Gasteiger partial charge on any atom is 0.0968 e. The van der Waals surface area contributed by atoms with Gasteiger partial charge in [-0.05, 0) is 50.7 Å². The highest BCUT2D eigenvalue weighted by atomic mass is 127. The molecule has 0 bridgehead atoms. The topological polar surface area (TPSA) is 49.2 Å². The zero-order chi connectivity index (χ0) is 19.8. The van der Waals surface area contributed by atoms with Gasteiger partial charge in [0.1, 0.15) is 0 Å². The van der Waals surface area contributed by atoms with Crippen molar-refractivity contribution in [3.8, 4) is 11.3 Å². The van der Waals surface area contributed by atoms with Crippen molar-refractivity contribution in [1.82, 2.24) is 9.97 Å². The van der Waals surface area contributed by atoms with E-state index in [0.29, 0.717) is 10.9 Å². The van der Waals surface area contributed by atoms with Crippen LogP contribution in [0.3, 0.4) is 0 Å². The van der Waals surface area contributed by atoms with E-state index in [-0.39, 0.29) is 0 Å². The predicted octanol–water partition coefficient (Wildman–Crippen LogP) is 5.40. The van der Waals surface area contributed by atoms with Crippen molar-refractivity contribution in [2.45, 2.75) is 52.6 Å². The van der Waals surface area contributed by atoms with Crippen molar-refractivity contribution in [3.63, 3.8) is 0 Å². The molecule has 1 atom stereocenters. The normalized spacial score (nSPS) is 23.0. The summed E-state index contributed by atoms with van der Waals surface area (Å²) in [6, 6.07) is 4.14. The van der Waals surface area contributed by atoms with Gasteiger partial charge < -0.3 is 10.0 Å². The zero-order valence-electron chi connectivity index (χ0n) is 16.6. The molecule has 2 aromatic rings. The SMILES string of the molecule is Cc1cc2c(c(-c3cncc(Cl)c3)n1)N(CC1CCC(C)CC1)C(C(C)O)=I2. The molecule has 0 radical (unpaired) electrons. The first-order valence-corrected chi connectivity index (χ1v) is 12.6. The number of anilines is 1. The van der Waals surface area contributed by atoms with Crippen LogP contribution in [0.4, 0.5) is 5.69 Å². The van der Waals surface area contributed by atoms with Crippen molar-refractivity contribution in [2.24, 2.45) is 11.8 Å². The third-order valence-electron chi connectivity index (χ3n) is 5.70. The second-order valence-electron chi connectivity index (χ2n) is 8.16. The van der Waals surface area contributed by atoms with E-state index in [0.717, 1.165) is 29.4 Å². The van der Waals surface area contributed by atoms with Crippen molar-refractivity contribution >= 4 is 41.7 Å².